The largest absolute Gasteiger partial charge is 0.307 e. The van der Waals surface area contributed by atoms with E-state index in [4.69, 9.17) is 0 Å². The van der Waals surface area contributed by atoms with Crippen LogP contribution in [0.3, 0.4) is 0 Å². The number of aryl methyl sites for hydroxylation is 1. The van der Waals surface area contributed by atoms with Crippen molar-refractivity contribution in [1.82, 2.24) is 4.98 Å². The van der Waals surface area contributed by atoms with Crippen LogP contribution in [0.2, 0.25) is 0 Å². The number of carbonyl (C=O) groups excluding carboxylic acids is 1. The Balaban J connectivity index is 1.95. The van der Waals surface area contributed by atoms with E-state index in [1.165, 1.54) is 6.08 Å². The molecule has 0 bridgehead atoms. The molecule has 17 heavy (non-hydrogen) atoms. The molecule has 0 aliphatic carbocycles. The second-order valence-corrected chi connectivity index (χ2v) is 4.38. The maximum absolute atomic E-state index is 11.6. The molecule has 1 amide bonds. The van der Waals surface area contributed by atoms with E-state index in [0.717, 1.165) is 11.1 Å². The first-order chi connectivity index (χ1) is 8.24. The lowest BCUT2D eigenvalue weighted by Gasteiger charge is -2.00. The van der Waals surface area contributed by atoms with Crippen LogP contribution in [0.25, 0.3) is 6.08 Å². The molecule has 2 heterocycles. The fourth-order valence-electron chi connectivity index (χ4n) is 1.25. The molecule has 0 atom stereocenters. The number of nitrogens with zero attached hydrogens (tertiary/aromatic N) is 1. The quantitative estimate of drug-likeness (QED) is 0.843. The highest BCUT2D eigenvalue weighted by molar-refractivity contribution is 7.08. The summed E-state index contributed by atoms with van der Waals surface area (Å²) in [5, 5.41) is 6.65. The van der Waals surface area contributed by atoms with E-state index in [-0.39, 0.29) is 5.91 Å². The number of hydrogen-bond acceptors (Lipinski definition) is 3. The van der Waals surface area contributed by atoms with Gasteiger partial charge in [-0.2, -0.15) is 11.3 Å². The van der Waals surface area contributed by atoms with Gasteiger partial charge in [-0.05, 0) is 47.0 Å². The van der Waals surface area contributed by atoms with Crippen molar-refractivity contribution in [2.75, 3.05) is 5.32 Å². The molecule has 0 saturated heterocycles. The summed E-state index contributed by atoms with van der Waals surface area (Å²) in [6.07, 6.45) is 5.00. The van der Waals surface area contributed by atoms with Crippen LogP contribution in [0.4, 0.5) is 5.82 Å². The maximum atomic E-state index is 11.6. The minimum absolute atomic E-state index is 0.174. The van der Waals surface area contributed by atoms with Crippen molar-refractivity contribution in [2.45, 2.75) is 6.92 Å². The van der Waals surface area contributed by atoms with E-state index in [1.54, 1.807) is 29.7 Å². The minimum Gasteiger partial charge on any atom is -0.307 e. The Morgan fingerprint density at radius 1 is 1.41 bits per heavy atom. The molecule has 0 aliphatic heterocycles. The predicted octanol–water partition coefficient (Wildman–Crippen LogP) is 3.10. The number of nitrogens with one attached hydrogen (secondary N) is 1. The predicted molar refractivity (Wildman–Crippen MR) is 71.0 cm³/mol. The average molecular weight is 244 g/mol. The lowest BCUT2D eigenvalue weighted by Crippen LogP contribution is -2.08. The van der Waals surface area contributed by atoms with Crippen molar-refractivity contribution in [3.05, 3.63) is 52.4 Å². The molecule has 2 aromatic heterocycles. The molecular formula is C13H12N2OS. The van der Waals surface area contributed by atoms with Gasteiger partial charge < -0.3 is 5.32 Å². The van der Waals surface area contributed by atoms with Crippen molar-refractivity contribution < 1.29 is 4.79 Å². The van der Waals surface area contributed by atoms with E-state index in [2.05, 4.69) is 10.3 Å². The summed E-state index contributed by atoms with van der Waals surface area (Å²) in [4.78, 5) is 15.7. The van der Waals surface area contributed by atoms with Crippen LogP contribution in [0.5, 0.6) is 0 Å². The first-order valence-corrected chi connectivity index (χ1v) is 6.12. The van der Waals surface area contributed by atoms with Gasteiger partial charge in [0.2, 0.25) is 5.91 Å². The van der Waals surface area contributed by atoms with Gasteiger partial charge in [-0.1, -0.05) is 6.07 Å². The van der Waals surface area contributed by atoms with Gasteiger partial charge in [0.05, 0.1) is 0 Å². The van der Waals surface area contributed by atoms with E-state index < -0.39 is 0 Å². The summed E-state index contributed by atoms with van der Waals surface area (Å²) < 4.78 is 0. The summed E-state index contributed by atoms with van der Waals surface area (Å²) in [6.45, 7) is 1.95. The Morgan fingerprint density at radius 3 is 2.94 bits per heavy atom. The molecule has 0 spiro atoms. The molecule has 0 unspecified atom stereocenters. The third-order valence-electron chi connectivity index (χ3n) is 2.13. The van der Waals surface area contributed by atoms with Gasteiger partial charge in [0.25, 0.3) is 0 Å². The summed E-state index contributed by atoms with van der Waals surface area (Å²) >= 11 is 1.60. The van der Waals surface area contributed by atoms with Gasteiger partial charge in [-0.3, -0.25) is 4.79 Å². The number of thiophene rings is 1. The molecule has 2 aromatic rings. The Bertz CT molecular complexity index is 515. The molecule has 2 rings (SSSR count). The third-order valence-corrected chi connectivity index (χ3v) is 2.83. The minimum atomic E-state index is -0.174. The molecular weight excluding hydrogens is 232 g/mol. The van der Waals surface area contributed by atoms with Crippen LogP contribution < -0.4 is 5.32 Å². The van der Waals surface area contributed by atoms with Gasteiger partial charge in [0, 0.05) is 12.3 Å². The van der Waals surface area contributed by atoms with Gasteiger partial charge in [-0.25, -0.2) is 4.98 Å². The third kappa shape index (κ3) is 3.53. The number of pyridine rings is 1. The van der Waals surface area contributed by atoms with E-state index in [9.17, 15) is 4.79 Å². The summed E-state index contributed by atoms with van der Waals surface area (Å²) in [7, 11) is 0. The summed E-state index contributed by atoms with van der Waals surface area (Å²) in [5.74, 6) is 0.392. The fourth-order valence-corrected chi connectivity index (χ4v) is 1.88. The highest BCUT2D eigenvalue weighted by Crippen LogP contribution is 2.08. The summed E-state index contributed by atoms with van der Waals surface area (Å²) in [6, 6.07) is 5.65. The molecule has 0 fully saturated rings. The van der Waals surface area contributed by atoms with Crippen LogP contribution in [0, 0.1) is 6.92 Å². The number of anilines is 1. The molecule has 0 saturated carbocycles. The lowest BCUT2D eigenvalue weighted by atomic mass is 10.3. The van der Waals surface area contributed by atoms with Gasteiger partial charge >= 0.3 is 0 Å². The van der Waals surface area contributed by atoms with Crippen LogP contribution in [0.15, 0.2) is 41.2 Å². The molecule has 0 radical (unpaired) electrons. The second-order valence-electron chi connectivity index (χ2n) is 3.60. The van der Waals surface area contributed by atoms with Crippen molar-refractivity contribution in [3.8, 4) is 0 Å². The molecule has 0 aliphatic rings. The molecule has 1 N–H and O–H groups in total. The highest BCUT2D eigenvalue weighted by Gasteiger charge is 1.98. The Kier molecular flexibility index (Phi) is 3.67. The molecule has 0 aromatic carbocycles. The van der Waals surface area contributed by atoms with Crippen molar-refractivity contribution in [2.24, 2.45) is 0 Å². The fraction of sp³-hybridized carbons (Fsp3) is 0.0769. The van der Waals surface area contributed by atoms with E-state index >= 15 is 0 Å². The van der Waals surface area contributed by atoms with Gasteiger partial charge in [0.15, 0.2) is 0 Å². The van der Waals surface area contributed by atoms with Crippen molar-refractivity contribution in [3.63, 3.8) is 0 Å². The van der Waals surface area contributed by atoms with Gasteiger partial charge in [0.1, 0.15) is 5.82 Å². The van der Waals surface area contributed by atoms with Crippen molar-refractivity contribution in [1.29, 1.82) is 0 Å². The number of amides is 1. The number of carbonyl (C=O) groups is 1. The molecule has 86 valence electrons. The van der Waals surface area contributed by atoms with E-state index in [1.807, 2.05) is 29.8 Å². The second kappa shape index (κ2) is 5.41. The standard InChI is InChI=1S/C13H12N2OS/c1-10-2-4-12(14-8-10)15-13(16)5-3-11-6-7-17-9-11/h2-9H,1H3,(H,14,15,16)/b5-3+. The number of hydrogen-bond donors (Lipinski definition) is 1. The first-order valence-electron chi connectivity index (χ1n) is 5.18. The monoisotopic (exact) mass is 244 g/mol. The Labute approximate surface area is 104 Å². The van der Waals surface area contributed by atoms with Gasteiger partial charge in [-0.15, -0.1) is 0 Å². The smallest absolute Gasteiger partial charge is 0.249 e. The van der Waals surface area contributed by atoms with E-state index in [0.29, 0.717) is 5.82 Å². The molecule has 4 heteroatoms. The first kappa shape index (κ1) is 11.5. The van der Waals surface area contributed by atoms with Crippen LogP contribution in [0.1, 0.15) is 11.1 Å². The van der Waals surface area contributed by atoms with Crippen LogP contribution in [-0.4, -0.2) is 10.9 Å². The SMILES string of the molecule is Cc1ccc(NC(=O)/C=C/c2ccsc2)nc1. The Morgan fingerprint density at radius 2 is 2.29 bits per heavy atom. The zero-order chi connectivity index (χ0) is 12.1. The van der Waals surface area contributed by atoms with Crippen LogP contribution in [-0.2, 0) is 4.79 Å². The topological polar surface area (TPSA) is 42.0 Å². The highest BCUT2D eigenvalue weighted by atomic mass is 32.1. The zero-order valence-electron chi connectivity index (χ0n) is 9.38. The molecule has 3 nitrogen and oxygen atoms in total. The zero-order valence-corrected chi connectivity index (χ0v) is 10.2. The van der Waals surface area contributed by atoms with Crippen molar-refractivity contribution >= 4 is 29.1 Å². The maximum Gasteiger partial charge on any atom is 0.249 e. The number of aromatic nitrogens is 1. The average Bonchev–Trinajstić information content (AvgIpc) is 2.83. The number of rotatable bonds is 3. The lowest BCUT2D eigenvalue weighted by molar-refractivity contribution is -0.111. The van der Waals surface area contributed by atoms with Crippen LogP contribution >= 0.6 is 11.3 Å². The summed E-state index contributed by atoms with van der Waals surface area (Å²) in [5.41, 5.74) is 2.10. The normalized spacial score (nSPS) is 10.6. The Hall–Kier alpha value is -1.94.